The van der Waals surface area contributed by atoms with Gasteiger partial charge in [0.05, 0.1) is 0 Å². The van der Waals surface area contributed by atoms with Gasteiger partial charge in [0.2, 0.25) is 0 Å². The molecule has 0 bridgehead atoms. The summed E-state index contributed by atoms with van der Waals surface area (Å²) >= 11 is 3.39. The van der Waals surface area contributed by atoms with Gasteiger partial charge in [-0.1, -0.05) is 0 Å². The Bertz CT molecular complexity index is 47.7. The zero-order chi connectivity index (χ0) is 6.28. The van der Waals surface area contributed by atoms with Crippen molar-refractivity contribution in [2.45, 2.75) is 0 Å². The third-order valence-electron chi connectivity index (χ3n) is 0.0745. The minimum Gasteiger partial charge on any atom is -0.769 e. The van der Waals surface area contributed by atoms with E-state index >= 15 is 0 Å². The molecule has 0 heterocycles. The summed E-state index contributed by atoms with van der Waals surface area (Å²) in [5, 5.41) is 15.8. The van der Waals surface area contributed by atoms with Crippen LogP contribution in [0.3, 0.4) is 0 Å². The molecule has 0 amide bonds. The van der Waals surface area contributed by atoms with E-state index in [1.807, 2.05) is 0 Å². The van der Waals surface area contributed by atoms with Crippen molar-refractivity contribution in [3.05, 3.63) is 0 Å². The number of rotatable bonds is 0. The van der Waals surface area contributed by atoms with Crippen LogP contribution in [0.5, 0.6) is 0 Å². The molecule has 0 atom stereocenters. The molecule has 0 aliphatic heterocycles. The molecule has 5 nitrogen and oxygen atoms in total. The SMILES string of the molecule is O=C([O-])OO.[Mg+2].[O-]Cl. The summed E-state index contributed by atoms with van der Waals surface area (Å²) in [4.78, 5) is 11.3. The Morgan fingerprint density at radius 1 is 1.62 bits per heavy atom. The topological polar surface area (TPSA) is 92.7 Å². The molecule has 8 heavy (non-hydrogen) atoms. The molecular formula is CHClMgO5. The monoisotopic (exact) mass is 152 g/mol. The van der Waals surface area contributed by atoms with Gasteiger partial charge in [0.1, 0.15) is 0 Å². The fourth-order valence-corrected chi connectivity index (χ4v) is 0. The van der Waals surface area contributed by atoms with E-state index in [0.29, 0.717) is 0 Å². The van der Waals surface area contributed by atoms with Crippen LogP contribution in [0.2, 0.25) is 0 Å². The largest absolute Gasteiger partial charge is 2.00 e. The number of hydrogen-bond donors (Lipinski definition) is 1. The van der Waals surface area contributed by atoms with Gasteiger partial charge in [0.15, 0.2) is 0 Å². The molecule has 1 N–H and O–H groups in total. The van der Waals surface area contributed by atoms with Crippen molar-refractivity contribution in [3.8, 4) is 0 Å². The Hall–Kier alpha value is 0.246. The molecule has 7 heteroatoms. The number of carbonyl (C=O) groups is 1. The maximum atomic E-state index is 8.78. The van der Waals surface area contributed by atoms with Gasteiger partial charge in [-0.2, -0.15) is 0 Å². The molecule has 0 spiro atoms. The third kappa shape index (κ3) is 34.1. The summed E-state index contributed by atoms with van der Waals surface area (Å²) in [6.07, 6.45) is -1.94. The van der Waals surface area contributed by atoms with Crippen molar-refractivity contribution in [1.82, 2.24) is 0 Å². The summed E-state index contributed by atoms with van der Waals surface area (Å²) in [6, 6.07) is 0. The fourth-order valence-electron chi connectivity index (χ4n) is 0. The second kappa shape index (κ2) is 15.7. The van der Waals surface area contributed by atoms with E-state index in [2.05, 4.69) is 16.8 Å². The van der Waals surface area contributed by atoms with Gasteiger partial charge in [-0.3, -0.25) is 5.26 Å². The molecule has 0 aliphatic carbocycles. The van der Waals surface area contributed by atoms with Crippen LogP contribution >= 0.6 is 11.9 Å². The van der Waals surface area contributed by atoms with Crippen molar-refractivity contribution in [3.63, 3.8) is 0 Å². The molecule has 0 aliphatic rings. The fraction of sp³-hybridized carbons (Fsp3) is 0. The van der Waals surface area contributed by atoms with Crippen LogP contribution in [0, 0.1) is 0 Å². The average molecular weight is 153 g/mol. The summed E-state index contributed by atoms with van der Waals surface area (Å²) in [5.74, 6) is 0. The van der Waals surface area contributed by atoms with Crippen LogP contribution in [-0.2, 0) is 4.89 Å². The van der Waals surface area contributed by atoms with Crippen LogP contribution in [0.15, 0.2) is 0 Å². The first-order valence-corrected chi connectivity index (χ1v) is 1.26. The first-order chi connectivity index (χ1) is 3.27. The van der Waals surface area contributed by atoms with Crippen LogP contribution in [0.25, 0.3) is 0 Å². The van der Waals surface area contributed by atoms with E-state index in [0.717, 1.165) is 0 Å². The van der Waals surface area contributed by atoms with Crippen molar-refractivity contribution in [2.75, 3.05) is 0 Å². The smallest absolute Gasteiger partial charge is 0.769 e. The van der Waals surface area contributed by atoms with Gasteiger partial charge in [0, 0.05) is 0 Å². The molecule has 0 aromatic rings. The summed E-state index contributed by atoms with van der Waals surface area (Å²) < 4.78 is 7.72. The van der Waals surface area contributed by atoms with E-state index in [1.54, 1.807) is 0 Å². The molecule has 0 aromatic carbocycles. The molecule has 0 rings (SSSR count). The van der Waals surface area contributed by atoms with Gasteiger partial charge in [-0.05, 0) is 0 Å². The van der Waals surface area contributed by atoms with Gasteiger partial charge < -0.3 is 19.4 Å². The predicted molar refractivity (Wildman–Crippen MR) is 20.7 cm³/mol. The molecule has 0 saturated heterocycles. The van der Waals surface area contributed by atoms with E-state index in [9.17, 15) is 0 Å². The summed E-state index contributed by atoms with van der Waals surface area (Å²) in [5.41, 5.74) is 0. The predicted octanol–water partition coefficient (Wildman–Crippen LogP) is -2.06. The van der Waals surface area contributed by atoms with E-state index in [1.165, 1.54) is 0 Å². The Balaban J connectivity index is -0.0000000750. The number of carboxylic acid groups (broad SMARTS) is 1. The van der Waals surface area contributed by atoms with Crippen LogP contribution < -0.4 is 9.77 Å². The van der Waals surface area contributed by atoms with E-state index < -0.39 is 6.16 Å². The Labute approximate surface area is 66.1 Å². The van der Waals surface area contributed by atoms with Crippen LogP contribution in [-0.4, -0.2) is 34.5 Å². The molecule has 0 saturated carbocycles. The Morgan fingerprint density at radius 3 is 1.75 bits per heavy atom. The average Bonchev–Trinajstić information content (AvgIpc) is 1.73. The van der Waals surface area contributed by atoms with Gasteiger partial charge in [0.25, 0.3) is 6.16 Å². The van der Waals surface area contributed by atoms with Gasteiger partial charge >= 0.3 is 23.1 Å². The molecule has 0 aromatic heterocycles. The quantitative estimate of drug-likeness (QED) is 0.245. The minimum absolute atomic E-state index is 0. The first-order valence-electron chi connectivity index (χ1n) is 0.949. The normalized spacial score (nSPS) is 4.88. The number of halogens is 1. The molecular weight excluding hydrogens is 152 g/mol. The minimum atomic E-state index is -1.94. The maximum absolute atomic E-state index is 8.78. The second-order valence-corrected chi connectivity index (χ2v) is 0.341. The zero-order valence-electron chi connectivity index (χ0n) is 3.67. The summed E-state index contributed by atoms with van der Waals surface area (Å²) in [7, 11) is 0. The van der Waals surface area contributed by atoms with E-state index in [4.69, 9.17) is 19.8 Å². The van der Waals surface area contributed by atoms with Crippen LogP contribution in [0.4, 0.5) is 4.79 Å². The van der Waals surface area contributed by atoms with Crippen molar-refractivity contribution in [1.29, 1.82) is 0 Å². The van der Waals surface area contributed by atoms with Crippen molar-refractivity contribution >= 4 is 41.1 Å². The van der Waals surface area contributed by atoms with Gasteiger partial charge in [-0.25, -0.2) is 11.9 Å². The maximum Gasteiger partial charge on any atom is 2.00 e. The van der Waals surface area contributed by atoms with Gasteiger partial charge in [-0.15, -0.1) is 0 Å². The van der Waals surface area contributed by atoms with E-state index in [-0.39, 0.29) is 23.1 Å². The first kappa shape index (κ1) is 15.7. The molecule has 0 radical (unpaired) electrons. The van der Waals surface area contributed by atoms with Crippen molar-refractivity contribution in [2.24, 2.45) is 0 Å². The molecule has 0 unspecified atom stereocenters. The Kier molecular flexibility index (Phi) is 30.8. The standard InChI is InChI=1S/CH2O4.ClO.Mg/c2-1(3)5-4;1-2;/h4H,(H,2,3);;/q;-1;+2/p-1. The van der Waals surface area contributed by atoms with Crippen molar-refractivity contribution < 1.29 is 24.7 Å². The zero-order valence-corrected chi connectivity index (χ0v) is 5.84. The number of hydrogen-bond acceptors (Lipinski definition) is 5. The number of carbonyl (C=O) groups excluding carboxylic acids is 1. The Morgan fingerprint density at radius 2 is 1.75 bits per heavy atom. The summed E-state index contributed by atoms with van der Waals surface area (Å²) in [6.45, 7) is 0. The second-order valence-electron chi connectivity index (χ2n) is 0.341. The third-order valence-corrected chi connectivity index (χ3v) is 0.0745. The molecule has 0 fully saturated rings. The van der Waals surface area contributed by atoms with Crippen LogP contribution in [0.1, 0.15) is 0 Å². The molecule has 44 valence electrons.